The minimum atomic E-state index is 0. The molecule has 1 saturated heterocycles. The number of nitrogens with zero attached hydrogens (tertiary/aromatic N) is 2. The number of ether oxygens (including phenoxy) is 1. The molecule has 0 saturated carbocycles. The van der Waals surface area contributed by atoms with Gasteiger partial charge in [0, 0.05) is 47.1 Å². The van der Waals surface area contributed by atoms with Crippen molar-refractivity contribution in [1.29, 1.82) is 0 Å². The van der Waals surface area contributed by atoms with E-state index in [-0.39, 0.29) is 19.4 Å². The first-order valence-corrected chi connectivity index (χ1v) is 7.88. The Morgan fingerprint density at radius 1 is 1.55 bits per heavy atom. The predicted octanol–water partition coefficient (Wildman–Crippen LogP) is 1.05. The van der Waals surface area contributed by atoms with E-state index in [0.717, 1.165) is 45.8 Å². The van der Waals surface area contributed by atoms with Gasteiger partial charge in [-0.3, -0.25) is 9.69 Å². The quantitative estimate of drug-likeness (QED) is 0.678. The number of nitrogens with one attached hydrogen (secondary N) is 1. The Balaban J connectivity index is 0.00000400. The molecule has 20 heavy (non-hydrogen) atoms. The van der Waals surface area contributed by atoms with Gasteiger partial charge in [0.2, 0.25) is 5.91 Å². The fourth-order valence-electron chi connectivity index (χ4n) is 2.45. The van der Waals surface area contributed by atoms with Crippen molar-refractivity contribution in [1.82, 2.24) is 15.1 Å². The van der Waals surface area contributed by atoms with E-state index in [1.807, 2.05) is 18.9 Å². The van der Waals surface area contributed by atoms with Crippen LogP contribution in [0.25, 0.3) is 0 Å². The molecule has 120 valence electrons. The van der Waals surface area contributed by atoms with E-state index in [4.69, 9.17) is 4.74 Å². The molecule has 2 atom stereocenters. The normalized spacial score (nSPS) is 21.7. The molecule has 0 aromatic heterocycles. The Morgan fingerprint density at radius 2 is 2.30 bits per heavy atom. The van der Waals surface area contributed by atoms with E-state index in [2.05, 4.69) is 24.1 Å². The maximum atomic E-state index is 12.1. The molecule has 0 spiro atoms. The second-order valence-corrected chi connectivity index (χ2v) is 5.68. The summed E-state index contributed by atoms with van der Waals surface area (Å²) in [4.78, 5) is 16.3. The Kier molecular flexibility index (Phi) is 8.11. The first-order chi connectivity index (χ1) is 9.58. The van der Waals surface area contributed by atoms with Crippen molar-refractivity contribution in [3.63, 3.8) is 0 Å². The van der Waals surface area contributed by atoms with Crippen LogP contribution in [-0.2, 0) is 9.53 Å². The lowest BCUT2D eigenvalue weighted by molar-refractivity contribution is -0.136. The molecule has 1 amide bonds. The van der Waals surface area contributed by atoms with Gasteiger partial charge in [-0.05, 0) is 13.0 Å². The Labute approximate surface area is 125 Å². The van der Waals surface area contributed by atoms with Crippen LogP contribution < -0.4 is 5.32 Å². The zero-order chi connectivity index (χ0) is 15.0. The predicted molar refractivity (Wildman–Crippen MR) is 83.9 cm³/mol. The van der Waals surface area contributed by atoms with Gasteiger partial charge in [0.25, 0.3) is 0 Å². The SMILES string of the molecule is CCNCCN1CCO[C@@H](CN(C)C(=O)C(C)CC)C1.[HH]. The second-order valence-electron chi connectivity index (χ2n) is 5.68. The van der Waals surface area contributed by atoms with E-state index < -0.39 is 0 Å². The molecule has 1 fully saturated rings. The molecule has 0 aromatic rings. The molecule has 5 nitrogen and oxygen atoms in total. The van der Waals surface area contributed by atoms with Crippen LogP contribution in [0.3, 0.4) is 0 Å². The van der Waals surface area contributed by atoms with Crippen LogP contribution in [0.5, 0.6) is 0 Å². The van der Waals surface area contributed by atoms with Gasteiger partial charge in [-0.25, -0.2) is 0 Å². The highest BCUT2D eigenvalue weighted by Gasteiger charge is 2.24. The lowest BCUT2D eigenvalue weighted by Gasteiger charge is -2.35. The van der Waals surface area contributed by atoms with Gasteiger partial charge in [-0.2, -0.15) is 0 Å². The maximum absolute atomic E-state index is 12.1. The van der Waals surface area contributed by atoms with Crippen LogP contribution in [0.2, 0.25) is 0 Å². The lowest BCUT2D eigenvalue weighted by Crippen LogP contribution is -2.49. The molecule has 1 N–H and O–H groups in total. The molecule has 1 unspecified atom stereocenters. The third-order valence-corrected chi connectivity index (χ3v) is 3.97. The first kappa shape index (κ1) is 17.4. The molecular formula is C15H33N3O2. The zero-order valence-corrected chi connectivity index (χ0v) is 13.5. The van der Waals surface area contributed by atoms with E-state index in [0.29, 0.717) is 6.54 Å². The molecule has 1 heterocycles. The van der Waals surface area contributed by atoms with Gasteiger partial charge in [-0.15, -0.1) is 0 Å². The topological polar surface area (TPSA) is 44.8 Å². The average molecular weight is 287 g/mol. The van der Waals surface area contributed by atoms with Gasteiger partial charge in [-0.1, -0.05) is 20.8 Å². The minimum absolute atomic E-state index is 0. The molecular weight excluding hydrogens is 254 g/mol. The van der Waals surface area contributed by atoms with Gasteiger partial charge in [0.1, 0.15) is 0 Å². The van der Waals surface area contributed by atoms with E-state index in [1.165, 1.54) is 0 Å². The van der Waals surface area contributed by atoms with Crippen LogP contribution in [0.4, 0.5) is 0 Å². The van der Waals surface area contributed by atoms with Crippen molar-refractivity contribution < 1.29 is 11.0 Å². The number of hydrogen-bond donors (Lipinski definition) is 1. The zero-order valence-electron chi connectivity index (χ0n) is 13.5. The minimum Gasteiger partial charge on any atom is -0.374 e. The highest BCUT2D eigenvalue weighted by molar-refractivity contribution is 5.78. The van der Waals surface area contributed by atoms with Crippen LogP contribution in [0.15, 0.2) is 0 Å². The van der Waals surface area contributed by atoms with Crippen molar-refractivity contribution in [2.45, 2.75) is 33.3 Å². The molecule has 1 rings (SSSR count). The Bertz CT molecular complexity index is 292. The monoisotopic (exact) mass is 287 g/mol. The second kappa shape index (κ2) is 9.32. The van der Waals surface area contributed by atoms with Crippen LogP contribution in [-0.4, -0.2) is 74.7 Å². The van der Waals surface area contributed by atoms with E-state index in [1.54, 1.807) is 0 Å². The van der Waals surface area contributed by atoms with Crippen LogP contribution >= 0.6 is 0 Å². The smallest absolute Gasteiger partial charge is 0.225 e. The molecule has 5 heteroatoms. The summed E-state index contributed by atoms with van der Waals surface area (Å²) in [6.45, 7) is 12.6. The summed E-state index contributed by atoms with van der Waals surface area (Å²) in [6, 6.07) is 0. The molecule has 0 aromatic carbocycles. The summed E-state index contributed by atoms with van der Waals surface area (Å²) in [5.41, 5.74) is 0. The summed E-state index contributed by atoms with van der Waals surface area (Å²) in [5.74, 6) is 0.328. The third-order valence-electron chi connectivity index (χ3n) is 3.97. The largest absolute Gasteiger partial charge is 0.374 e. The fraction of sp³-hybridized carbons (Fsp3) is 0.933. The van der Waals surface area contributed by atoms with Gasteiger partial charge >= 0.3 is 0 Å². The third kappa shape index (κ3) is 5.77. The van der Waals surface area contributed by atoms with Gasteiger partial charge in [0.05, 0.1) is 12.7 Å². The molecule has 0 aliphatic carbocycles. The summed E-state index contributed by atoms with van der Waals surface area (Å²) in [7, 11) is 1.88. The summed E-state index contributed by atoms with van der Waals surface area (Å²) >= 11 is 0. The highest BCUT2D eigenvalue weighted by atomic mass is 16.5. The molecule has 1 aliphatic heterocycles. The summed E-state index contributed by atoms with van der Waals surface area (Å²) < 4.78 is 5.79. The molecule has 1 aliphatic rings. The van der Waals surface area contributed by atoms with Crippen molar-refractivity contribution in [2.75, 3.05) is 52.9 Å². The standard InChI is InChI=1S/C15H31N3O2.H2/c1-5-13(3)15(19)17(4)11-14-12-18(9-10-20-14)8-7-16-6-2;/h13-14,16H,5-12H2,1-4H3;1H/t13?,14-;/m0./s1. The first-order valence-electron chi connectivity index (χ1n) is 7.88. The van der Waals surface area contributed by atoms with Gasteiger partial charge in [0.15, 0.2) is 0 Å². The number of likely N-dealkylation sites (N-methyl/N-ethyl adjacent to an activating group) is 2. The number of rotatable bonds is 8. The van der Waals surface area contributed by atoms with E-state index in [9.17, 15) is 4.79 Å². The number of carbonyl (C=O) groups is 1. The number of amides is 1. The van der Waals surface area contributed by atoms with Crippen molar-refractivity contribution >= 4 is 5.91 Å². The molecule has 0 bridgehead atoms. The van der Waals surface area contributed by atoms with Crippen LogP contribution in [0.1, 0.15) is 28.6 Å². The Hall–Kier alpha value is -0.650. The number of hydrogen-bond acceptors (Lipinski definition) is 4. The number of morpholine rings is 1. The fourth-order valence-corrected chi connectivity index (χ4v) is 2.45. The van der Waals surface area contributed by atoms with Crippen LogP contribution in [0, 0.1) is 5.92 Å². The number of carbonyl (C=O) groups excluding carboxylic acids is 1. The maximum Gasteiger partial charge on any atom is 0.225 e. The summed E-state index contributed by atoms with van der Waals surface area (Å²) in [6.07, 6.45) is 1.03. The summed E-state index contributed by atoms with van der Waals surface area (Å²) in [5, 5.41) is 3.34. The van der Waals surface area contributed by atoms with Crippen molar-refractivity contribution in [3.05, 3.63) is 0 Å². The van der Waals surface area contributed by atoms with Gasteiger partial charge < -0.3 is 15.0 Å². The molecule has 0 radical (unpaired) electrons. The van der Waals surface area contributed by atoms with E-state index >= 15 is 0 Å². The van der Waals surface area contributed by atoms with Crippen molar-refractivity contribution in [2.24, 2.45) is 5.92 Å². The Morgan fingerprint density at radius 3 is 2.95 bits per heavy atom. The van der Waals surface area contributed by atoms with Crippen molar-refractivity contribution in [3.8, 4) is 0 Å². The lowest BCUT2D eigenvalue weighted by atomic mass is 10.1. The highest BCUT2D eigenvalue weighted by Crippen LogP contribution is 2.10. The average Bonchev–Trinajstić information content (AvgIpc) is 2.46.